The minimum atomic E-state index is 0.119. The molecule has 0 atom stereocenters. The molecule has 2 rings (SSSR count). The van der Waals surface area contributed by atoms with Gasteiger partial charge in [0, 0.05) is 24.7 Å². The summed E-state index contributed by atoms with van der Waals surface area (Å²) in [5.74, 6) is 0.119. The molecule has 2 aromatic rings. The molecule has 1 heterocycles. The predicted octanol–water partition coefficient (Wildman–Crippen LogP) is 3.20. The SMILES string of the molecule is C=C(C)CN(CC)C(=O)Cc1cccc2cccnc12. The van der Waals surface area contributed by atoms with E-state index in [4.69, 9.17) is 0 Å². The zero-order valence-electron chi connectivity index (χ0n) is 12.1. The maximum absolute atomic E-state index is 12.4. The third-order valence-corrected chi connectivity index (χ3v) is 3.25. The molecule has 0 aliphatic carbocycles. The molecule has 3 nitrogen and oxygen atoms in total. The summed E-state index contributed by atoms with van der Waals surface area (Å²) in [4.78, 5) is 18.6. The molecule has 0 bridgehead atoms. The van der Waals surface area contributed by atoms with Crippen molar-refractivity contribution in [2.75, 3.05) is 13.1 Å². The number of rotatable bonds is 5. The van der Waals surface area contributed by atoms with E-state index in [-0.39, 0.29) is 5.91 Å². The summed E-state index contributed by atoms with van der Waals surface area (Å²) in [6.45, 7) is 9.12. The van der Waals surface area contributed by atoms with Crippen LogP contribution < -0.4 is 0 Å². The van der Waals surface area contributed by atoms with Gasteiger partial charge in [-0.05, 0) is 25.5 Å². The van der Waals surface area contributed by atoms with Crippen LogP contribution >= 0.6 is 0 Å². The number of nitrogens with zero attached hydrogens (tertiary/aromatic N) is 2. The van der Waals surface area contributed by atoms with Crippen LogP contribution in [0.5, 0.6) is 0 Å². The molecule has 0 spiro atoms. The molecule has 0 saturated carbocycles. The van der Waals surface area contributed by atoms with Gasteiger partial charge >= 0.3 is 0 Å². The van der Waals surface area contributed by atoms with Crippen molar-refractivity contribution in [3.05, 3.63) is 54.2 Å². The van der Waals surface area contributed by atoms with Gasteiger partial charge in [0.15, 0.2) is 0 Å². The van der Waals surface area contributed by atoms with Gasteiger partial charge in [0.2, 0.25) is 5.91 Å². The lowest BCUT2D eigenvalue weighted by molar-refractivity contribution is -0.129. The summed E-state index contributed by atoms with van der Waals surface area (Å²) in [6.07, 6.45) is 2.15. The predicted molar refractivity (Wildman–Crippen MR) is 82.5 cm³/mol. The zero-order valence-corrected chi connectivity index (χ0v) is 12.1. The molecule has 20 heavy (non-hydrogen) atoms. The molecule has 1 aromatic carbocycles. The van der Waals surface area contributed by atoms with Gasteiger partial charge < -0.3 is 4.90 Å². The molecule has 0 saturated heterocycles. The molecule has 0 aliphatic heterocycles. The minimum Gasteiger partial charge on any atom is -0.339 e. The monoisotopic (exact) mass is 268 g/mol. The summed E-state index contributed by atoms with van der Waals surface area (Å²) >= 11 is 0. The van der Waals surface area contributed by atoms with E-state index in [0.717, 1.165) is 22.0 Å². The van der Waals surface area contributed by atoms with E-state index in [1.807, 2.05) is 49.1 Å². The second-order valence-electron chi connectivity index (χ2n) is 5.03. The molecular formula is C17H20N2O. The molecule has 0 unspecified atom stereocenters. The molecule has 0 radical (unpaired) electrons. The molecular weight excluding hydrogens is 248 g/mol. The number of fused-ring (bicyclic) bond motifs is 1. The Labute approximate surface area is 119 Å². The highest BCUT2D eigenvalue weighted by Gasteiger charge is 2.14. The molecule has 104 valence electrons. The van der Waals surface area contributed by atoms with Gasteiger partial charge in [-0.3, -0.25) is 9.78 Å². The standard InChI is InChI=1S/C17H20N2O/c1-4-19(12-13(2)3)16(20)11-15-8-5-7-14-9-6-10-18-17(14)15/h5-10H,2,4,11-12H2,1,3H3. The largest absolute Gasteiger partial charge is 0.339 e. The van der Waals surface area contributed by atoms with E-state index >= 15 is 0 Å². The average Bonchev–Trinajstić information content (AvgIpc) is 2.45. The van der Waals surface area contributed by atoms with Gasteiger partial charge in [-0.25, -0.2) is 0 Å². The van der Waals surface area contributed by atoms with E-state index < -0.39 is 0 Å². The van der Waals surface area contributed by atoms with Gasteiger partial charge in [-0.1, -0.05) is 36.4 Å². The fraction of sp³-hybridized carbons (Fsp3) is 0.294. The maximum atomic E-state index is 12.4. The number of pyridine rings is 1. The van der Waals surface area contributed by atoms with Crippen LogP contribution in [0, 0.1) is 0 Å². The number of carbonyl (C=O) groups is 1. The third kappa shape index (κ3) is 3.23. The normalized spacial score (nSPS) is 10.5. The van der Waals surface area contributed by atoms with Crippen molar-refractivity contribution in [3.63, 3.8) is 0 Å². The first-order valence-electron chi connectivity index (χ1n) is 6.86. The van der Waals surface area contributed by atoms with Crippen molar-refractivity contribution in [3.8, 4) is 0 Å². The third-order valence-electron chi connectivity index (χ3n) is 3.25. The highest BCUT2D eigenvalue weighted by Crippen LogP contribution is 2.17. The highest BCUT2D eigenvalue weighted by molar-refractivity contribution is 5.87. The van der Waals surface area contributed by atoms with E-state index in [1.54, 1.807) is 6.20 Å². The second kappa shape index (κ2) is 6.33. The maximum Gasteiger partial charge on any atom is 0.227 e. The van der Waals surface area contributed by atoms with Gasteiger partial charge in [-0.15, -0.1) is 0 Å². The number of hydrogen-bond acceptors (Lipinski definition) is 2. The van der Waals surface area contributed by atoms with Crippen molar-refractivity contribution in [1.29, 1.82) is 0 Å². The number of carbonyl (C=O) groups excluding carboxylic acids is 1. The number of para-hydroxylation sites is 1. The van der Waals surface area contributed by atoms with E-state index in [9.17, 15) is 4.79 Å². The summed E-state index contributed by atoms with van der Waals surface area (Å²) < 4.78 is 0. The number of aromatic nitrogens is 1. The van der Waals surface area contributed by atoms with E-state index in [1.165, 1.54) is 0 Å². The van der Waals surface area contributed by atoms with Crippen LogP contribution in [0.25, 0.3) is 10.9 Å². The van der Waals surface area contributed by atoms with E-state index in [0.29, 0.717) is 19.5 Å². The quantitative estimate of drug-likeness (QED) is 0.780. The lowest BCUT2D eigenvalue weighted by Crippen LogP contribution is -2.33. The Morgan fingerprint density at radius 2 is 2.05 bits per heavy atom. The van der Waals surface area contributed by atoms with Crippen molar-refractivity contribution >= 4 is 16.8 Å². The van der Waals surface area contributed by atoms with Gasteiger partial charge in [0.05, 0.1) is 11.9 Å². The lowest BCUT2D eigenvalue weighted by Gasteiger charge is -2.21. The highest BCUT2D eigenvalue weighted by atomic mass is 16.2. The molecule has 1 aromatic heterocycles. The first-order valence-corrected chi connectivity index (χ1v) is 6.86. The Morgan fingerprint density at radius 1 is 1.30 bits per heavy atom. The molecule has 1 amide bonds. The fourth-order valence-electron chi connectivity index (χ4n) is 2.29. The average molecular weight is 268 g/mol. The minimum absolute atomic E-state index is 0.119. The molecule has 0 aliphatic rings. The van der Waals surface area contributed by atoms with Crippen LogP contribution in [0.2, 0.25) is 0 Å². The Hall–Kier alpha value is -2.16. The first kappa shape index (κ1) is 14.3. The van der Waals surface area contributed by atoms with Gasteiger partial charge in [-0.2, -0.15) is 0 Å². The van der Waals surface area contributed by atoms with Crippen LogP contribution in [0.4, 0.5) is 0 Å². The Bertz CT molecular complexity index is 628. The van der Waals surface area contributed by atoms with Crippen molar-refractivity contribution in [1.82, 2.24) is 9.88 Å². The van der Waals surface area contributed by atoms with Crippen molar-refractivity contribution in [2.24, 2.45) is 0 Å². The van der Waals surface area contributed by atoms with Crippen LogP contribution in [0.15, 0.2) is 48.7 Å². The van der Waals surface area contributed by atoms with Gasteiger partial charge in [0.1, 0.15) is 0 Å². The summed E-state index contributed by atoms with van der Waals surface area (Å²) in [6, 6.07) is 9.89. The Balaban J connectivity index is 2.23. The van der Waals surface area contributed by atoms with Crippen LogP contribution in [-0.2, 0) is 11.2 Å². The number of hydrogen-bond donors (Lipinski definition) is 0. The Morgan fingerprint density at radius 3 is 2.75 bits per heavy atom. The molecule has 0 fully saturated rings. The van der Waals surface area contributed by atoms with Crippen molar-refractivity contribution < 1.29 is 4.79 Å². The summed E-state index contributed by atoms with van der Waals surface area (Å²) in [7, 11) is 0. The van der Waals surface area contributed by atoms with Crippen LogP contribution in [0.3, 0.4) is 0 Å². The molecule has 3 heteroatoms. The van der Waals surface area contributed by atoms with Crippen LogP contribution in [-0.4, -0.2) is 28.9 Å². The summed E-state index contributed by atoms with van der Waals surface area (Å²) in [5, 5.41) is 1.07. The lowest BCUT2D eigenvalue weighted by atomic mass is 10.1. The smallest absolute Gasteiger partial charge is 0.227 e. The van der Waals surface area contributed by atoms with Gasteiger partial charge in [0.25, 0.3) is 0 Å². The fourth-order valence-corrected chi connectivity index (χ4v) is 2.29. The van der Waals surface area contributed by atoms with Crippen molar-refractivity contribution in [2.45, 2.75) is 20.3 Å². The van der Waals surface area contributed by atoms with Crippen LogP contribution in [0.1, 0.15) is 19.4 Å². The number of likely N-dealkylation sites (N-methyl/N-ethyl adjacent to an activating group) is 1. The topological polar surface area (TPSA) is 33.2 Å². The Kier molecular flexibility index (Phi) is 4.51. The number of amides is 1. The number of benzene rings is 1. The molecule has 0 N–H and O–H groups in total. The summed E-state index contributed by atoms with van der Waals surface area (Å²) in [5.41, 5.74) is 2.89. The van der Waals surface area contributed by atoms with E-state index in [2.05, 4.69) is 11.6 Å². The second-order valence-corrected chi connectivity index (χ2v) is 5.03. The zero-order chi connectivity index (χ0) is 14.5. The first-order chi connectivity index (χ1) is 9.61.